The van der Waals surface area contributed by atoms with Crippen LogP contribution in [0.2, 0.25) is 0 Å². The van der Waals surface area contributed by atoms with Crippen LogP contribution in [0.4, 0.5) is 13.2 Å². The smallest absolute Gasteiger partial charge is 0.350 e. The lowest BCUT2D eigenvalue weighted by Crippen LogP contribution is -2.61. The molecule has 2 aromatic carbocycles. The normalized spacial score (nSPS) is 23.6. The topological polar surface area (TPSA) is 153 Å². The lowest BCUT2D eigenvalue weighted by Gasteiger charge is -2.43. The second kappa shape index (κ2) is 12.1. The predicted octanol–water partition coefficient (Wildman–Crippen LogP) is 1.56. The standard InChI is InChI=1S/C26H26F3N3O8/c1-12(2)38-26(37)24(40-25(36)13-6-4-3-5-7-13)23-22(35)20(21(34)18(11-33)39-23)32-10-17(30-31-32)14-8-15(27)19(29)16(28)9-14/h3-10,12,18,20-24,33-35H,11H2,1-2H3/t18?,20-,21-,22?,23+,24-/m0/s1. The van der Waals surface area contributed by atoms with E-state index in [-0.39, 0.29) is 16.8 Å². The van der Waals surface area contributed by atoms with Crippen LogP contribution in [-0.2, 0) is 19.0 Å². The highest BCUT2D eigenvalue weighted by molar-refractivity contribution is 5.91. The summed E-state index contributed by atoms with van der Waals surface area (Å²) in [6.45, 7) is 2.32. The van der Waals surface area contributed by atoms with Gasteiger partial charge in [0.25, 0.3) is 0 Å². The summed E-state index contributed by atoms with van der Waals surface area (Å²) in [6, 6.07) is 7.58. The van der Waals surface area contributed by atoms with Gasteiger partial charge < -0.3 is 29.5 Å². The van der Waals surface area contributed by atoms with Crippen LogP contribution in [0.25, 0.3) is 11.3 Å². The molecule has 0 radical (unpaired) electrons. The Morgan fingerprint density at radius 1 is 1.05 bits per heavy atom. The zero-order valence-electron chi connectivity index (χ0n) is 21.2. The van der Waals surface area contributed by atoms with Crippen LogP contribution >= 0.6 is 0 Å². The van der Waals surface area contributed by atoms with Crippen molar-refractivity contribution in [3.63, 3.8) is 0 Å². The van der Waals surface area contributed by atoms with Gasteiger partial charge in [-0.3, -0.25) is 0 Å². The van der Waals surface area contributed by atoms with Crippen LogP contribution in [-0.4, -0.2) is 85.5 Å². The minimum absolute atomic E-state index is 0.0881. The summed E-state index contributed by atoms with van der Waals surface area (Å²) >= 11 is 0. The first-order valence-corrected chi connectivity index (χ1v) is 12.2. The number of carbonyl (C=O) groups is 2. The van der Waals surface area contributed by atoms with E-state index in [1.54, 1.807) is 32.0 Å². The van der Waals surface area contributed by atoms with E-state index in [1.165, 1.54) is 12.1 Å². The lowest BCUT2D eigenvalue weighted by atomic mass is 9.90. The van der Waals surface area contributed by atoms with Gasteiger partial charge in [0, 0.05) is 5.56 Å². The summed E-state index contributed by atoms with van der Waals surface area (Å²) in [4.78, 5) is 25.8. The predicted molar refractivity (Wildman–Crippen MR) is 129 cm³/mol. The number of ether oxygens (including phenoxy) is 3. The number of esters is 2. The van der Waals surface area contributed by atoms with Crippen LogP contribution in [0.5, 0.6) is 0 Å². The molecule has 0 bridgehead atoms. The molecule has 0 saturated carbocycles. The fourth-order valence-corrected chi connectivity index (χ4v) is 4.26. The van der Waals surface area contributed by atoms with Crippen LogP contribution in [0, 0.1) is 17.5 Å². The average molecular weight is 566 g/mol. The zero-order chi connectivity index (χ0) is 29.1. The Hall–Kier alpha value is -3.85. The Balaban J connectivity index is 1.69. The number of hydrogen-bond donors (Lipinski definition) is 3. The van der Waals surface area contributed by atoms with Gasteiger partial charge in [0.05, 0.1) is 24.5 Å². The average Bonchev–Trinajstić information content (AvgIpc) is 3.40. The van der Waals surface area contributed by atoms with Gasteiger partial charge in [-0.2, -0.15) is 0 Å². The summed E-state index contributed by atoms with van der Waals surface area (Å²) in [5.74, 6) is -6.62. The van der Waals surface area contributed by atoms with Crippen molar-refractivity contribution in [1.29, 1.82) is 0 Å². The number of nitrogens with zero attached hydrogens (tertiary/aromatic N) is 3. The maximum atomic E-state index is 13.8. The van der Waals surface area contributed by atoms with Gasteiger partial charge in [0.1, 0.15) is 36.2 Å². The zero-order valence-corrected chi connectivity index (χ0v) is 21.2. The van der Waals surface area contributed by atoms with E-state index in [1.807, 2.05) is 0 Å². The molecule has 6 atom stereocenters. The van der Waals surface area contributed by atoms with Gasteiger partial charge in [-0.05, 0) is 38.1 Å². The Morgan fingerprint density at radius 2 is 1.70 bits per heavy atom. The maximum Gasteiger partial charge on any atom is 0.350 e. The van der Waals surface area contributed by atoms with E-state index in [4.69, 9.17) is 14.2 Å². The lowest BCUT2D eigenvalue weighted by molar-refractivity contribution is -0.233. The van der Waals surface area contributed by atoms with Crippen molar-refractivity contribution in [2.75, 3.05) is 6.61 Å². The number of hydrogen-bond acceptors (Lipinski definition) is 10. The van der Waals surface area contributed by atoms with E-state index >= 15 is 0 Å². The maximum absolute atomic E-state index is 13.8. The highest BCUT2D eigenvalue weighted by Crippen LogP contribution is 2.34. The molecule has 3 aromatic rings. The fourth-order valence-electron chi connectivity index (χ4n) is 4.26. The van der Waals surface area contributed by atoms with E-state index in [0.717, 1.165) is 10.9 Å². The molecule has 40 heavy (non-hydrogen) atoms. The van der Waals surface area contributed by atoms with Gasteiger partial charge in [-0.15, -0.1) is 5.10 Å². The van der Waals surface area contributed by atoms with Crippen molar-refractivity contribution in [2.24, 2.45) is 0 Å². The van der Waals surface area contributed by atoms with E-state index in [2.05, 4.69) is 10.3 Å². The molecular formula is C26H26F3N3O8. The monoisotopic (exact) mass is 565 g/mol. The van der Waals surface area contributed by atoms with Crippen LogP contribution < -0.4 is 0 Å². The molecule has 14 heteroatoms. The van der Waals surface area contributed by atoms with Crippen molar-refractivity contribution in [3.8, 4) is 11.3 Å². The van der Waals surface area contributed by atoms with Crippen LogP contribution in [0.1, 0.15) is 30.2 Å². The molecule has 0 spiro atoms. The SMILES string of the molecule is CC(C)OC(=O)[C@@H](OC(=O)c1ccccc1)[C@@H]1OC(CO)[C@H](O)[C@H](n2cc(-c3cc(F)c(F)c(F)c3)nn2)C1O. The van der Waals surface area contributed by atoms with Crippen molar-refractivity contribution < 1.29 is 52.3 Å². The van der Waals surface area contributed by atoms with Gasteiger partial charge in [-0.25, -0.2) is 27.4 Å². The number of carbonyl (C=O) groups excluding carboxylic acids is 2. The van der Waals surface area contributed by atoms with Gasteiger partial charge in [0.2, 0.25) is 6.10 Å². The van der Waals surface area contributed by atoms with E-state index in [9.17, 15) is 38.1 Å². The first kappa shape index (κ1) is 29.1. The number of aliphatic hydroxyl groups is 3. The molecular weight excluding hydrogens is 539 g/mol. The molecule has 2 heterocycles. The second-order valence-electron chi connectivity index (χ2n) is 9.31. The minimum atomic E-state index is -1.85. The molecule has 0 aliphatic carbocycles. The largest absolute Gasteiger partial charge is 0.460 e. The van der Waals surface area contributed by atoms with Crippen LogP contribution in [0.3, 0.4) is 0 Å². The van der Waals surface area contributed by atoms with Crippen molar-refractivity contribution >= 4 is 11.9 Å². The van der Waals surface area contributed by atoms with Crippen LogP contribution in [0.15, 0.2) is 48.7 Å². The summed E-state index contributed by atoms with van der Waals surface area (Å²) in [6.07, 6.45) is -7.92. The van der Waals surface area contributed by atoms with Crippen molar-refractivity contribution in [1.82, 2.24) is 15.0 Å². The summed E-state index contributed by atoms with van der Waals surface area (Å²) in [7, 11) is 0. The number of aromatic nitrogens is 3. The fraction of sp³-hybridized carbons (Fsp3) is 0.385. The molecule has 2 unspecified atom stereocenters. The molecule has 214 valence electrons. The number of aliphatic hydroxyl groups excluding tert-OH is 3. The molecule has 11 nitrogen and oxygen atoms in total. The Kier molecular flexibility index (Phi) is 8.83. The van der Waals surface area contributed by atoms with Gasteiger partial charge in [-0.1, -0.05) is 23.4 Å². The molecule has 1 fully saturated rings. The van der Waals surface area contributed by atoms with E-state index < -0.39 is 78.7 Å². The van der Waals surface area contributed by atoms with Gasteiger partial charge >= 0.3 is 11.9 Å². The molecule has 0 amide bonds. The Morgan fingerprint density at radius 3 is 2.30 bits per heavy atom. The number of halogens is 3. The second-order valence-corrected chi connectivity index (χ2v) is 9.31. The van der Waals surface area contributed by atoms with Crippen molar-refractivity contribution in [2.45, 2.75) is 56.5 Å². The third kappa shape index (κ3) is 5.99. The quantitative estimate of drug-likeness (QED) is 0.271. The Labute approximate surface area is 225 Å². The third-order valence-corrected chi connectivity index (χ3v) is 6.15. The summed E-state index contributed by atoms with van der Waals surface area (Å²) in [5.41, 5.74) is -0.249. The minimum Gasteiger partial charge on any atom is -0.460 e. The first-order valence-electron chi connectivity index (χ1n) is 12.2. The van der Waals surface area contributed by atoms with Gasteiger partial charge in [0.15, 0.2) is 17.5 Å². The van der Waals surface area contributed by atoms with E-state index in [0.29, 0.717) is 12.1 Å². The molecule has 1 aliphatic rings. The summed E-state index contributed by atoms with van der Waals surface area (Å²) in [5, 5.41) is 39.6. The highest BCUT2D eigenvalue weighted by atomic mass is 19.2. The Bertz CT molecular complexity index is 1330. The summed E-state index contributed by atoms with van der Waals surface area (Å²) < 4.78 is 58.1. The molecule has 1 saturated heterocycles. The third-order valence-electron chi connectivity index (χ3n) is 6.15. The number of rotatable bonds is 8. The highest BCUT2D eigenvalue weighted by Gasteiger charge is 2.52. The molecule has 1 aromatic heterocycles. The molecule has 4 rings (SSSR count). The number of benzene rings is 2. The first-order chi connectivity index (χ1) is 19.0. The van der Waals surface area contributed by atoms with Crippen molar-refractivity contribution in [3.05, 3.63) is 71.7 Å². The molecule has 1 aliphatic heterocycles. The molecule has 3 N–H and O–H groups in total.